The van der Waals surface area contributed by atoms with Gasteiger partial charge in [-0.1, -0.05) is 24.3 Å². The number of benzene rings is 1. The molecule has 2 aliphatic rings. The van der Waals surface area contributed by atoms with E-state index in [2.05, 4.69) is 36.5 Å². The van der Waals surface area contributed by atoms with Gasteiger partial charge in [0.05, 0.1) is 12.7 Å². The van der Waals surface area contributed by atoms with Gasteiger partial charge in [0.25, 0.3) is 0 Å². The first-order valence-electron chi connectivity index (χ1n) is 6.77. The molecule has 2 atom stereocenters. The molecular formula is C15H21NO. The van der Waals surface area contributed by atoms with Gasteiger partial charge in [-0.3, -0.25) is 0 Å². The Bertz CT molecular complexity index is 386. The van der Waals surface area contributed by atoms with Crippen molar-refractivity contribution in [1.82, 2.24) is 5.32 Å². The fraction of sp³-hybridized carbons (Fsp3) is 0.600. The summed E-state index contributed by atoms with van der Waals surface area (Å²) >= 11 is 0. The summed E-state index contributed by atoms with van der Waals surface area (Å²) in [6.07, 6.45) is 4.11. The second-order valence-corrected chi connectivity index (χ2v) is 5.34. The SMILES string of the molecule is CC(NCC1OCCc2ccccc21)C1CC1. The van der Waals surface area contributed by atoms with Gasteiger partial charge in [0, 0.05) is 12.6 Å². The predicted octanol–water partition coefficient (Wildman–Crippen LogP) is 2.69. The zero-order valence-corrected chi connectivity index (χ0v) is 10.5. The molecule has 0 amide bonds. The molecule has 1 aromatic rings. The van der Waals surface area contributed by atoms with Crippen LogP contribution in [0.2, 0.25) is 0 Å². The lowest BCUT2D eigenvalue weighted by Crippen LogP contribution is -2.34. The highest BCUT2D eigenvalue weighted by atomic mass is 16.5. The fourth-order valence-corrected chi connectivity index (χ4v) is 2.70. The average Bonchev–Trinajstić information content (AvgIpc) is 3.20. The van der Waals surface area contributed by atoms with Gasteiger partial charge in [0.1, 0.15) is 0 Å². The summed E-state index contributed by atoms with van der Waals surface area (Å²) < 4.78 is 5.89. The van der Waals surface area contributed by atoms with Crippen LogP contribution in [0.5, 0.6) is 0 Å². The van der Waals surface area contributed by atoms with Gasteiger partial charge in [0.2, 0.25) is 0 Å². The van der Waals surface area contributed by atoms with Crippen LogP contribution in [0.4, 0.5) is 0 Å². The highest BCUT2D eigenvalue weighted by molar-refractivity contribution is 5.31. The zero-order chi connectivity index (χ0) is 11.7. The smallest absolute Gasteiger partial charge is 0.0952 e. The van der Waals surface area contributed by atoms with Crippen molar-refractivity contribution in [2.75, 3.05) is 13.2 Å². The van der Waals surface area contributed by atoms with Gasteiger partial charge in [-0.15, -0.1) is 0 Å². The maximum atomic E-state index is 5.89. The number of rotatable bonds is 4. The quantitative estimate of drug-likeness (QED) is 0.860. The van der Waals surface area contributed by atoms with Crippen molar-refractivity contribution in [3.05, 3.63) is 35.4 Å². The topological polar surface area (TPSA) is 21.3 Å². The van der Waals surface area contributed by atoms with E-state index >= 15 is 0 Å². The summed E-state index contributed by atoms with van der Waals surface area (Å²) in [5.41, 5.74) is 2.85. The predicted molar refractivity (Wildman–Crippen MR) is 69.0 cm³/mol. The average molecular weight is 231 g/mol. The summed E-state index contributed by atoms with van der Waals surface area (Å²) in [5, 5.41) is 3.63. The largest absolute Gasteiger partial charge is 0.372 e. The zero-order valence-electron chi connectivity index (χ0n) is 10.5. The van der Waals surface area contributed by atoms with Crippen LogP contribution >= 0.6 is 0 Å². The first kappa shape index (κ1) is 11.2. The van der Waals surface area contributed by atoms with E-state index in [1.165, 1.54) is 24.0 Å². The Morgan fingerprint density at radius 1 is 1.35 bits per heavy atom. The summed E-state index contributed by atoms with van der Waals surface area (Å²) in [6, 6.07) is 9.33. The third-order valence-corrected chi connectivity index (χ3v) is 4.05. The van der Waals surface area contributed by atoms with Crippen molar-refractivity contribution in [2.45, 2.75) is 38.3 Å². The maximum Gasteiger partial charge on any atom is 0.0952 e. The number of ether oxygens (including phenoxy) is 1. The van der Waals surface area contributed by atoms with Crippen LogP contribution in [0.25, 0.3) is 0 Å². The molecule has 2 unspecified atom stereocenters. The van der Waals surface area contributed by atoms with Crippen molar-refractivity contribution in [3.8, 4) is 0 Å². The van der Waals surface area contributed by atoms with Gasteiger partial charge < -0.3 is 10.1 Å². The van der Waals surface area contributed by atoms with Gasteiger partial charge in [0.15, 0.2) is 0 Å². The van der Waals surface area contributed by atoms with E-state index in [1.54, 1.807) is 0 Å². The van der Waals surface area contributed by atoms with Crippen LogP contribution in [0.3, 0.4) is 0 Å². The molecule has 0 aromatic heterocycles. The van der Waals surface area contributed by atoms with Gasteiger partial charge in [-0.05, 0) is 43.2 Å². The first-order valence-corrected chi connectivity index (χ1v) is 6.77. The number of hydrogen-bond acceptors (Lipinski definition) is 2. The van der Waals surface area contributed by atoms with Crippen LogP contribution in [-0.2, 0) is 11.2 Å². The molecule has 1 fully saturated rings. The Morgan fingerprint density at radius 2 is 2.18 bits per heavy atom. The van der Waals surface area contributed by atoms with Gasteiger partial charge in [-0.25, -0.2) is 0 Å². The lowest BCUT2D eigenvalue weighted by molar-refractivity contribution is 0.0405. The van der Waals surface area contributed by atoms with E-state index in [0.717, 1.165) is 25.5 Å². The van der Waals surface area contributed by atoms with Crippen molar-refractivity contribution in [1.29, 1.82) is 0 Å². The monoisotopic (exact) mass is 231 g/mol. The minimum Gasteiger partial charge on any atom is -0.372 e. The van der Waals surface area contributed by atoms with E-state index < -0.39 is 0 Å². The number of hydrogen-bond donors (Lipinski definition) is 1. The molecule has 1 heterocycles. The molecule has 1 aliphatic heterocycles. The molecule has 17 heavy (non-hydrogen) atoms. The third kappa shape index (κ3) is 2.53. The van der Waals surface area contributed by atoms with Gasteiger partial charge in [-0.2, -0.15) is 0 Å². The lowest BCUT2D eigenvalue weighted by atomic mass is 9.97. The number of fused-ring (bicyclic) bond motifs is 1. The lowest BCUT2D eigenvalue weighted by Gasteiger charge is -2.27. The van der Waals surface area contributed by atoms with E-state index in [4.69, 9.17) is 4.74 Å². The van der Waals surface area contributed by atoms with Crippen LogP contribution in [-0.4, -0.2) is 19.2 Å². The van der Waals surface area contributed by atoms with Crippen molar-refractivity contribution >= 4 is 0 Å². The van der Waals surface area contributed by atoms with Crippen molar-refractivity contribution in [3.63, 3.8) is 0 Å². The number of nitrogens with one attached hydrogen (secondary N) is 1. The standard InChI is InChI=1S/C15H21NO/c1-11(12-6-7-12)16-10-15-14-5-3-2-4-13(14)8-9-17-15/h2-5,11-12,15-16H,6-10H2,1H3. The van der Waals surface area contributed by atoms with Crippen LogP contribution in [0.1, 0.15) is 37.0 Å². The minimum absolute atomic E-state index is 0.251. The summed E-state index contributed by atoms with van der Waals surface area (Å²) in [7, 11) is 0. The van der Waals surface area contributed by atoms with E-state index in [1.807, 2.05) is 0 Å². The Labute approximate surface area is 103 Å². The molecule has 0 spiro atoms. The van der Waals surface area contributed by atoms with Gasteiger partial charge >= 0.3 is 0 Å². The Kier molecular flexibility index (Phi) is 3.17. The van der Waals surface area contributed by atoms with E-state index in [-0.39, 0.29) is 6.10 Å². The molecule has 92 valence electrons. The molecule has 0 radical (unpaired) electrons. The molecule has 1 N–H and O–H groups in total. The minimum atomic E-state index is 0.251. The van der Waals surface area contributed by atoms with Crippen LogP contribution in [0.15, 0.2) is 24.3 Å². The molecule has 2 nitrogen and oxygen atoms in total. The summed E-state index contributed by atoms with van der Waals surface area (Å²) in [6.45, 7) is 4.11. The van der Waals surface area contributed by atoms with Crippen molar-refractivity contribution < 1.29 is 4.74 Å². The van der Waals surface area contributed by atoms with Crippen LogP contribution in [0, 0.1) is 5.92 Å². The highest BCUT2D eigenvalue weighted by Gasteiger charge is 2.28. The van der Waals surface area contributed by atoms with E-state index in [9.17, 15) is 0 Å². The third-order valence-electron chi connectivity index (χ3n) is 4.05. The van der Waals surface area contributed by atoms with Crippen molar-refractivity contribution in [2.24, 2.45) is 5.92 Å². The Morgan fingerprint density at radius 3 is 3.00 bits per heavy atom. The normalized spacial score (nSPS) is 25.4. The highest BCUT2D eigenvalue weighted by Crippen LogP contribution is 2.33. The fourth-order valence-electron chi connectivity index (χ4n) is 2.70. The second-order valence-electron chi connectivity index (χ2n) is 5.34. The van der Waals surface area contributed by atoms with Crippen LogP contribution < -0.4 is 5.32 Å². The molecule has 1 aromatic carbocycles. The first-order chi connectivity index (χ1) is 8.34. The molecular weight excluding hydrogens is 210 g/mol. The molecule has 0 bridgehead atoms. The maximum absolute atomic E-state index is 5.89. The molecule has 3 rings (SSSR count). The second kappa shape index (κ2) is 4.79. The Hall–Kier alpha value is -0.860. The van der Waals surface area contributed by atoms with E-state index in [0.29, 0.717) is 6.04 Å². The molecule has 1 saturated carbocycles. The Balaban J connectivity index is 1.63. The molecule has 0 saturated heterocycles. The summed E-state index contributed by atoms with van der Waals surface area (Å²) in [5.74, 6) is 0.911. The molecule has 1 aliphatic carbocycles. The summed E-state index contributed by atoms with van der Waals surface area (Å²) in [4.78, 5) is 0. The molecule has 2 heteroatoms.